The summed E-state index contributed by atoms with van der Waals surface area (Å²) in [6.07, 6.45) is -5.54. The van der Waals surface area contributed by atoms with E-state index in [2.05, 4.69) is 20.8 Å². The first kappa shape index (κ1) is 27.4. The fraction of sp³-hybridized carbons (Fsp3) is 0.520. The Morgan fingerprint density at radius 1 is 0.917 bits per heavy atom. The Morgan fingerprint density at radius 2 is 1.39 bits per heavy atom. The van der Waals surface area contributed by atoms with Gasteiger partial charge in [0.15, 0.2) is 11.9 Å². The first-order valence-electron chi connectivity index (χ1n) is 11.8. The van der Waals surface area contributed by atoms with Crippen LogP contribution in [0.2, 0.25) is 5.04 Å². The van der Waals surface area contributed by atoms with E-state index in [0.29, 0.717) is 0 Å². The van der Waals surface area contributed by atoms with Gasteiger partial charge in [0.2, 0.25) is 0 Å². The van der Waals surface area contributed by atoms with E-state index in [-0.39, 0.29) is 11.6 Å². The van der Waals surface area contributed by atoms with Gasteiger partial charge in [-0.05, 0) is 29.3 Å². The van der Waals surface area contributed by atoms with E-state index >= 15 is 0 Å². The predicted octanol–water partition coefficient (Wildman–Crippen LogP) is 1.38. The Balaban J connectivity index is 1.79. The van der Waals surface area contributed by atoms with Crippen molar-refractivity contribution in [2.45, 2.75) is 75.0 Å². The minimum atomic E-state index is -5.27. The number of hydrogen-bond donors (Lipinski definition) is 3. The molecule has 2 aromatic carbocycles. The number of ether oxygens (including phenoxy) is 3. The smallest absolute Gasteiger partial charge is 0.327 e. The topological polar surface area (TPSA) is 132 Å². The standard InChI is InChI=1S/C25H34O9SSi/c1-23(2,3)36(17-12-8-6-9-13-17,18-14-10-7-11-15-18)31-16-19-20-21(34-24(4,5)33-20)22(26)25(27,32-19)35(28,29)30/h6-15,19-22,26-27H,16H2,1-5H3,(H,28,29,30)/t19-,20+,21+,22-,25+/m1/s1. The van der Waals surface area contributed by atoms with Gasteiger partial charge in [-0.2, -0.15) is 8.42 Å². The molecular weight excluding hydrogens is 504 g/mol. The molecule has 9 nitrogen and oxygen atoms in total. The summed E-state index contributed by atoms with van der Waals surface area (Å²) in [5, 5.41) is 19.7. The van der Waals surface area contributed by atoms with Gasteiger partial charge in [0, 0.05) is 0 Å². The van der Waals surface area contributed by atoms with E-state index in [0.717, 1.165) is 10.4 Å². The molecule has 11 heteroatoms. The highest BCUT2D eigenvalue weighted by Gasteiger charge is 2.66. The number of fused-ring (bicyclic) bond motifs is 1. The molecule has 2 aliphatic heterocycles. The van der Waals surface area contributed by atoms with Crippen molar-refractivity contribution in [3.63, 3.8) is 0 Å². The molecule has 198 valence electrons. The normalized spacial score (nSPS) is 30.7. The second-order valence-corrected chi connectivity index (χ2v) is 16.6. The minimum Gasteiger partial charge on any atom is -0.405 e. The maximum absolute atomic E-state index is 12.1. The third-order valence-electron chi connectivity index (χ3n) is 6.79. The van der Waals surface area contributed by atoms with Crippen LogP contribution < -0.4 is 10.4 Å². The lowest BCUT2D eigenvalue weighted by atomic mass is 9.99. The first-order chi connectivity index (χ1) is 16.6. The Morgan fingerprint density at radius 3 is 1.83 bits per heavy atom. The van der Waals surface area contributed by atoms with Crippen LogP contribution in [0, 0.1) is 0 Å². The van der Waals surface area contributed by atoms with Gasteiger partial charge in [-0.1, -0.05) is 81.4 Å². The zero-order valence-corrected chi connectivity index (χ0v) is 22.8. The maximum atomic E-state index is 12.1. The first-order valence-corrected chi connectivity index (χ1v) is 15.1. The second kappa shape index (κ2) is 9.26. The summed E-state index contributed by atoms with van der Waals surface area (Å²) in [5.74, 6) is -1.19. The number of aliphatic hydroxyl groups is 2. The lowest BCUT2D eigenvalue weighted by Gasteiger charge is -2.46. The largest absolute Gasteiger partial charge is 0.405 e. The van der Waals surface area contributed by atoms with Gasteiger partial charge in [0.25, 0.3) is 8.32 Å². The van der Waals surface area contributed by atoms with Crippen molar-refractivity contribution in [1.82, 2.24) is 0 Å². The maximum Gasteiger partial charge on any atom is 0.327 e. The molecule has 0 saturated carbocycles. The van der Waals surface area contributed by atoms with Crippen molar-refractivity contribution < 1.29 is 41.8 Å². The molecule has 0 unspecified atom stereocenters. The van der Waals surface area contributed by atoms with E-state index in [4.69, 9.17) is 18.6 Å². The van der Waals surface area contributed by atoms with Gasteiger partial charge in [-0.25, -0.2) is 0 Å². The minimum absolute atomic E-state index is 0.196. The lowest BCUT2D eigenvalue weighted by molar-refractivity contribution is -0.291. The van der Waals surface area contributed by atoms with Gasteiger partial charge in [0.1, 0.15) is 18.3 Å². The molecule has 2 aromatic rings. The summed E-state index contributed by atoms with van der Waals surface area (Å²) in [5.41, 5.74) is 0. The summed E-state index contributed by atoms with van der Waals surface area (Å²) < 4.78 is 58.0. The molecule has 0 radical (unpaired) electrons. The molecule has 0 spiro atoms. The van der Waals surface area contributed by atoms with Gasteiger partial charge in [0.05, 0.1) is 6.61 Å². The molecule has 2 heterocycles. The van der Waals surface area contributed by atoms with Crippen molar-refractivity contribution in [2.75, 3.05) is 6.61 Å². The van der Waals surface area contributed by atoms with E-state index in [9.17, 15) is 23.2 Å². The summed E-state index contributed by atoms with van der Waals surface area (Å²) in [6.45, 7) is 9.26. The van der Waals surface area contributed by atoms with Crippen LogP contribution in [-0.4, -0.2) is 73.4 Å². The molecule has 0 aliphatic carbocycles. The third-order valence-corrected chi connectivity index (χ3v) is 12.9. The highest BCUT2D eigenvalue weighted by Crippen LogP contribution is 2.43. The SMILES string of the molecule is CC1(C)O[C@@H]2[C@H](O1)[C@@H](O)[C@@](O)(S(=O)(=O)O)O[C@@H]2CO[Si](c1ccccc1)(c1ccccc1)C(C)(C)C. The van der Waals surface area contributed by atoms with Crippen molar-refractivity contribution >= 4 is 28.8 Å². The van der Waals surface area contributed by atoms with Crippen LogP contribution in [0.5, 0.6) is 0 Å². The molecule has 2 saturated heterocycles. The zero-order valence-electron chi connectivity index (χ0n) is 21.0. The van der Waals surface area contributed by atoms with Gasteiger partial charge in [-0.3, -0.25) is 4.55 Å². The van der Waals surface area contributed by atoms with Crippen LogP contribution in [0.3, 0.4) is 0 Å². The molecule has 0 aromatic heterocycles. The number of benzene rings is 2. The fourth-order valence-corrected chi connectivity index (χ4v) is 10.5. The van der Waals surface area contributed by atoms with Crippen LogP contribution in [0.1, 0.15) is 34.6 Å². The number of hydrogen-bond acceptors (Lipinski definition) is 8. The van der Waals surface area contributed by atoms with Crippen LogP contribution in [0.15, 0.2) is 60.7 Å². The molecule has 2 aliphatic rings. The summed E-state index contributed by atoms with van der Waals surface area (Å²) >= 11 is 0. The number of aliphatic hydroxyl groups excluding tert-OH is 1. The summed E-state index contributed by atoms with van der Waals surface area (Å²) in [6, 6.07) is 19.6. The van der Waals surface area contributed by atoms with E-state index < -0.39 is 53.8 Å². The predicted molar refractivity (Wildman–Crippen MR) is 135 cm³/mol. The average Bonchev–Trinajstić information content (AvgIpc) is 3.13. The second-order valence-electron chi connectivity index (χ2n) is 10.7. The quantitative estimate of drug-likeness (QED) is 0.369. The summed E-state index contributed by atoms with van der Waals surface area (Å²) in [7, 11) is -8.32. The van der Waals surface area contributed by atoms with Crippen LogP contribution in [0.4, 0.5) is 0 Å². The molecule has 0 amide bonds. The average molecular weight is 539 g/mol. The fourth-order valence-electron chi connectivity index (χ4n) is 5.22. The Bertz CT molecular complexity index is 1130. The highest BCUT2D eigenvalue weighted by molar-refractivity contribution is 7.86. The Labute approximate surface area is 212 Å². The molecule has 3 N–H and O–H groups in total. The molecular formula is C25H34O9SSi. The molecule has 36 heavy (non-hydrogen) atoms. The lowest BCUT2D eigenvalue weighted by Crippen LogP contribution is -2.70. The zero-order chi connectivity index (χ0) is 26.6. The van der Waals surface area contributed by atoms with E-state index in [1.807, 2.05) is 60.7 Å². The van der Waals surface area contributed by atoms with Crippen molar-refractivity contribution in [1.29, 1.82) is 0 Å². The highest BCUT2D eigenvalue weighted by atomic mass is 32.2. The van der Waals surface area contributed by atoms with Gasteiger partial charge >= 0.3 is 15.2 Å². The van der Waals surface area contributed by atoms with E-state index in [1.54, 1.807) is 13.8 Å². The van der Waals surface area contributed by atoms with Crippen molar-refractivity contribution in [3.8, 4) is 0 Å². The van der Waals surface area contributed by atoms with Crippen LogP contribution >= 0.6 is 0 Å². The monoisotopic (exact) mass is 538 g/mol. The molecule has 0 bridgehead atoms. The van der Waals surface area contributed by atoms with E-state index in [1.165, 1.54) is 0 Å². The van der Waals surface area contributed by atoms with Crippen LogP contribution in [0.25, 0.3) is 0 Å². The van der Waals surface area contributed by atoms with Gasteiger partial charge < -0.3 is 28.8 Å². The third kappa shape index (κ3) is 4.57. The molecule has 2 fully saturated rings. The molecule has 5 atom stereocenters. The number of rotatable bonds is 6. The van der Waals surface area contributed by atoms with Crippen molar-refractivity contribution in [3.05, 3.63) is 60.7 Å². The van der Waals surface area contributed by atoms with Crippen molar-refractivity contribution in [2.24, 2.45) is 0 Å². The van der Waals surface area contributed by atoms with Gasteiger partial charge in [-0.15, -0.1) is 0 Å². The molecule has 4 rings (SSSR count). The Hall–Kier alpha value is -1.67. The summed E-state index contributed by atoms with van der Waals surface area (Å²) in [4.78, 5) is 0. The Kier molecular flexibility index (Phi) is 7.04. The van der Waals surface area contributed by atoms with Crippen LogP contribution in [-0.2, 0) is 28.8 Å².